The standard InChI is InChI=1S/C13H15NOS/c14-8-11-2-4-12(5-3-11)15-9-13(10-16)6-1-7-13/h2-5,16H,1,6-7,9-10H2. The summed E-state index contributed by atoms with van der Waals surface area (Å²) >= 11 is 4.39. The first-order chi connectivity index (χ1) is 7.78. The molecule has 16 heavy (non-hydrogen) atoms. The summed E-state index contributed by atoms with van der Waals surface area (Å²) in [5.41, 5.74) is 0.955. The van der Waals surface area contributed by atoms with Crippen LogP contribution in [0, 0.1) is 16.7 Å². The smallest absolute Gasteiger partial charge is 0.119 e. The molecule has 0 saturated heterocycles. The van der Waals surface area contributed by atoms with Crippen LogP contribution in [0.3, 0.4) is 0 Å². The molecule has 1 saturated carbocycles. The molecular weight excluding hydrogens is 218 g/mol. The van der Waals surface area contributed by atoms with Crippen molar-refractivity contribution >= 4 is 12.6 Å². The maximum Gasteiger partial charge on any atom is 0.119 e. The number of hydrogen-bond acceptors (Lipinski definition) is 3. The molecule has 1 aliphatic carbocycles. The van der Waals surface area contributed by atoms with Gasteiger partial charge >= 0.3 is 0 Å². The highest BCUT2D eigenvalue weighted by Gasteiger charge is 2.36. The van der Waals surface area contributed by atoms with Crippen LogP contribution in [-0.4, -0.2) is 12.4 Å². The SMILES string of the molecule is N#Cc1ccc(OCC2(CS)CCC2)cc1. The summed E-state index contributed by atoms with van der Waals surface area (Å²) in [6.07, 6.45) is 3.72. The minimum atomic E-state index is 0.289. The highest BCUT2D eigenvalue weighted by molar-refractivity contribution is 7.80. The molecule has 0 aliphatic heterocycles. The van der Waals surface area contributed by atoms with E-state index in [1.54, 1.807) is 12.1 Å². The van der Waals surface area contributed by atoms with Gasteiger partial charge < -0.3 is 4.74 Å². The quantitative estimate of drug-likeness (QED) is 0.811. The van der Waals surface area contributed by atoms with Gasteiger partial charge in [0.1, 0.15) is 5.75 Å². The number of nitriles is 1. The van der Waals surface area contributed by atoms with Crippen LogP contribution in [0.4, 0.5) is 0 Å². The maximum absolute atomic E-state index is 8.67. The van der Waals surface area contributed by atoms with Crippen molar-refractivity contribution in [2.24, 2.45) is 5.41 Å². The van der Waals surface area contributed by atoms with E-state index >= 15 is 0 Å². The van der Waals surface area contributed by atoms with E-state index in [1.807, 2.05) is 12.1 Å². The molecular formula is C13H15NOS. The Hall–Kier alpha value is -1.14. The fourth-order valence-electron chi connectivity index (χ4n) is 1.89. The van der Waals surface area contributed by atoms with Crippen molar-refractivity contribution in [1.82, 2.24) is 0 Å². The second-order valence-corrected chi connectivity index (χ2v) is 4.75. The summed E-state index contributed by atoms with van der Waals surface area (Å²) in [4.78, 5) is 0. The van der Waals surface area contributed by atoms with Crippen molar-refractivity contribution in [2.75, 3.05) is 12.4 Å². The van der Waals surface area contributed by atoms with Crippen LogP contribution in [0.1, 0.15) is 24.8 Å². The van der Waals surface area contributed by atoms with E-state index in [1.165, 1.54) is 19.3 Å². The molecule has 0 spiro atoms. The normalized spacial score (nSPS) is 17.2. The van der Waals surface area contributed by atoms with E-state index < -0.39 is 0 Å². The number of thiol groups is 1. The second-order valence-electron chi connectivity index (χ2n) is 4.44. The Morgan fingerprint density at radius 3 is 2.44 bits per heavy atom. The summed E-state index contributed by atoms with van der Waals surface area (Å²) < 4.78 is 5.75. The molecule has 0 aromatic heterocycles. The first-order valence-corrected chi connectivity index (χ1v) is 6.15. The van der Waals surface area contributed by atoms with Crippen LogP contribution < -0.4 is 4.74 Å². The van der Waals surface area contributed by atoms with Gasteiger partial charge in [-0.2, -0.15) is 17.9 Å². The van der Waals surface area contributed by atoms with Gasteiger partial charge in [0.2, 0.25) is 0 Å². The van der Waals surface area contributed by atoms with E-state index in [4.69, 9.17) is 10.00 Å². The number of nitrogens with zero attached hydrogens (tertiary/aromatic N) is 1. The molecule has 1 aliphatic rings. The second kappa shape index (κ2) is 4.80. The van der Waals surface area contributed by atoms with Gasteiger partial charge in [-0.1, -0.05) is 6.42 Å². The molecule has 84 valence electrons. The highest BCUT2D eigenvalue weighted by Crippen LogP contribution is 2.42. The summed E-state index contributed by atoms with van der Waals surface area (Å²) in [6, 6.07) is 9.36. The minimum absolute atomic E-state index is 0.289. The van der Waals surface area contributed by atoms with E-state index in [0.29, 0.717) is 5.56 Å². The van der Waals surface area contributed by atoms with Gasteiger partial charge in [-0.3, -0.25) is 0 Å². The first-order valence-electron chi connectivity index (χ1n) is 5.52. The van der Waals surface area contributed by atoms with Crippen molar-refractivity contribution in [1.29, 1.82) is 5.26 Å². The Morgan fingerprint density at radius 2 is 2.00 bits per heavy atom. The van der Waals surface area contributed by atoms with Gasteiger partial charge in [-0.05, 0) is 42.9 Å². The predicted octanol–water partition coefficient (Wildman–Crippen LogP) is 3.04. The summed E-state index contributed by atoms with van der Waals surface area (Å²) in [6.45, 7) is 0.738. The highest BCUT2D eigenvalue weighted by atomic mass is 32.1. The molecule has 3 heteroatoms. The molecule has 0 N–H and O–H groups in total. The molecule has 0 radical (unpaired) electrons. The Morgan fingerprint density at radius 1 is 1.31 bits per heavy atom. The third-order valence-electron chi connectivity index (χ3n) is 3.28. The van der Waals surface area contributed by atoms with Gasteiger partial charge in [0.05, 0.1) is 18.2 Å². The molecule has 0 bridgehead atoms. The summed E-state index contributed by atoms with van der Waals surface area (Å²) in [5.74, 6) is 1.73. The maximum atomic E-state index is 8.67. The number of rotatable bonds is 4. The van der Waals surface area contributed by atoms with Crippen LogP contribution in [0.25, 0.3) is 0 Å². The topological polar surface area (TPSA) is 33.0 Å². The van der Waals surface area contributed by atoms with Crippen molar-refractivity contribution in [3.05, 3.63) is 29.8 Å². The number of hydrogen-bond donors (Lipinski definition) is 1. The number of ether oxygens (including phenoxy) is 1. The van der Waals surface area contributed by atoms with Crippen LogP contribution in [0.15, 0.2) is 24.3 Å². The summed E-state index contributed by atoms with van der Waals surface area (Å²) in [7, 11) is 0. The van der Waals surface area contributed by atoms with Crippen molar-refractivity contribution in [3.63, 3.8) is 0 Å². The zero-order valence-corrected chi connectivity index (χ0v) is 10.0. The van der Waals surface area contributed by atoms with Crippen LogP contribution >= 0.6 is 12.6 Å². The third kappa shape index (κ3) is 2.33. The summed E-state index contributed by atoms with van der Waals surface area (Å²) in [5, 5.41) is 8.67. The zero-order valence-electron chi connectivity index (χ0n) is 9.15. The van der Waals surface area contributed by atoms with Gasteiger partial charge in [0.15, 0.2) is 0 Å². The minimum Gasteiger partial charge on any atom is -0.493 e. The molecule has 2 nitrogen and oxygen atoms in total. The lowest BCUT2D eigenvalue weighted by Crippen LogP contribution is -2.37. The van der Waals surface area contributed by atoms with Gasteiger partial charge in [-0.15, -0.1) is 0 Å². The van der Waals surface area contributed by atoms with Crippen molar-refractivity contribution < 1.29 is 4.74 Å². The molecule has 0 amide bonds. The average molecular weight is 233 g/mol. The van der Waals surface area contributed by atoms with Crippen molar-refractivity contribution in [2.45, 2.75) is 19.3 Å². The predicted molar refractivity (Wildman–Crippen MR) is 66.8 cm³/mol. The van der Waals surface area contributed by atoms with Gasteiger partial charge in [-0.25, -0.2) is 0 Å². The van der Waals surface area contributed by atoms with Crippen LogP contribution in [0.5, 0.6) is 5.75 Å². The van der Waals surface area contributed by atoms with Gasteiger partial charge in [0.25, 0.3) is 0 Å². The molecule has 0 atom stereocenters. The van der Waals surface area contributed by atoms with Crippen LogP contribution in [0.2, 0.25) is 0 Å². The van der Waals surface area contributed by atoms with E-state index in [2.05, 4.69) is 18.7 Å². The molecule has 0 unspecified atom stereocenters. The molecule has 1 aromatic carbocycles. The average Bonchev–Trinajstić information content (AvgIpc) is 2.29. The Bertz CT molecular complexity index is 384. The zero-order chi connectivity index (χ0) is 11.4. The van der Waals surface area contributed by atoms with Gasteiger partial charge in [0, 0.05) is 5.41 Å². The lowest BCUT2D eigenvalue weighted by Gasteiger charge is -2.40. The fourth-order valence-corrected chi connectivity index (χ4v) is 2.29. The Kier molecular flexibility index (Phi) is 3.40. The number of benzene rings is 1. The first kappa shape index (κ1) is 11.3. The fraction of sp³-hybridized carbons (Fsp3) is 0.462. The van der Waals surface area contributed by atoms with Crippen molar-refractivity contribution in [3.8, 4) is 11.8 Å². The third-order valence-corrected chi connectivity index (χ3v) is 3.95. The molecule has 1 fully saturated rings. The largest absolute Gasteiger partial charge is 0.493 e. The van der Waals surface area contributed by atoms with Crippen LogP contribution in [-0.2, 0) is 0 Å². The molecule has 0 heterocycles. The monoisotopic (exact) mass is 233 g/mol. The molecule has 1 aromatic rings. The Balaban J connectivity index is 1.92. The molecule has 2 rings (SSSR count). The lowest BCUT2D eigenvalue weighted by atomic mass is 9.71. The lowest BCUT2D eigenvalue weighted by molar-refractivity contribution is 0.0829. The van der Waals surface area contributed by atoms with E-state index in [-0.39, 0.29) is 5.41 Å². The van der Waals surface area contributed by atoms with E-state index in [0.717, 1.165) is 18.1 Å². The van der Waals surface area contributed by atoms with E-state index in [9.17, 15) is 0 Å². The Labute approximate surface area is 102 Å².